The van der Waals surface area contributed by atoms with Crippen molar-refractivity contribution in [2.75, 3.05) is 29.1 Å². The molecule has 0 amide bonds. The number of benzene rings is 2. The molecular weight excluding hydrogens is 414 g/mol. The van der Waals surface area contributed by atoms with Gasteiger partial charge in [-0.3, -0.25) is 4.21 Å². The lowest BCUT2D eigenvalue weighted by Crippen LogP contribution is -2.26. The summed E-state index contributed by atoms with van der Waals surface area (Å²) < 4.78 is 12.7. The fourth-order valence-corrected chi connectivity index (χ4v) is 5.66. The highest BCUT2D eigenvalue weighted by molar-refractivity contribution is 7.85. The molecule has 0 aliphatic carbocycles. The Labute approximate surface area is 194 Å². The molecule has 1 aliphatic rings. The van der Waals surface area contributed by atoms with Crippen molar-refractivity contribution in [3.63, 3.8) is 0 Å². The Morgan fingerprint density at radius 2 is 1.84 bits per heavy atom. The summed E-state index contributed by atoms with van der Waals surface area (Å²) in [6, 6.07) is 16.8. The number of nitrogens with one attached hydrogen (secondary N) is 1. The Balaban J connectivity index is 1.56. The number of aromatic nitrogens is 1. The minimum absolute atomic E-state index is 0.630. The van der Waals surface area contributed by atoms with Crippen LogP contribution in [0.1, 0.15) is 56.6 Å². The predicted octanol–water partition coefficient (Wildman–Crippen LogP) is 6.44. The lowest BCUT2D eigenvalue weighted by molar-refractivity contribution is 0.617. The second-order valence-electron chi connectivity index (χ2n) is 8.82. The summed E-state index contributed by atoms with van der Waals surface area (Å²) in [6.07, 6.45) is 7.76. The quantitative estimate of drug-likeness (QED) is 0.382. The van der Waals surface area contributed by atoms with E-state index in [2.05, 4.69) is 54.4 Å². The highest BCUT2D eigenvalue weighted by Gasteiger charge is 2.21. The first-order valence-electron chi connectivity index (χ1n) is 12.0. The van der Waals surface area contributed by atoms with Crippen molar-refractivity contribution in [1.29, 1.82) is 0 Å². The number of fused-ring (bicyclic) bond motifs is 2. The van der Waals surface area contributed by atoms with Crippen molar-refractivity contribution in [3.05, 3.63) is 59.7 Å². The first kappa shape index (κ1) is 22.8. The third-order valence-electron chi connectivity index (χ3n) is 6.25. The Morgan fingerprint density at radius 3 is 2.72 bits per heavy atom. The van der Waals surface area contributed by atoms with Gasteiger partial charge < -0.3 is 10.2 Å². The summed E-state index contributed by atoms with van der Waals surface area (Å²) in [5.74, 6) is 1.59. The second-order valence-corrected chi connectivity index (χ2v) is 10.4. The zero-order valence-corrected chi connectivity index (χ0v) is 20.2. The summed E-state index contributed by atoms with van der Waals surface area (Å²) in [4.78, 5) is 8.25. The van der Waals surface area contributed by atoms with Crippen LogP contribution in [0, 0.1) is 6.92 Å². The van der Waals surface area contributed by atoms with Crippen LogP contribution in [-0.2, 0) is 17.3 Å². The van der Waals surface area contributed by atoms with Gasteiger partial charge in [0.2, 0.25) is 0 Å². The zero-order chi connectivity index (χ0) is 22.3. The summed E-state index contributed by atoms with van der Waals surface area (Å²) >= 11 is 0. The van der Waals surface area contributed by atoms with Gasteiger partial charge in [0, 0.05) is 47.4 Å². The SMILES string of the molecule is CCCCCCCCNc1cc(N2CCS(=O)c3ccccc3C2)nc2ccc(C)cc12. The molecule has 1 aliphatic heterocycles. The van der Waals surface area contributed by atoms with Gasteiger partial charge >= 0.3 is 0 Å². The molecule has 0 fully saturated rings. The summed E-state index contributed by atoms with van der Waals surface area (Å²) in [7, 11) is -0.958. The Morgan fingerprint density at radius 1 is 1.03 bits per heavy atom. The van der Waals surface area contributed by atoms with E-state index in [0.29, 0.717) is 5.75 Å². The largest absolute Gasteiger partial charge is 0.384 e. The molecule has 0 spiro atoms. The van der Waals surface area contributed by atoms with Crippen LogP contribution >= 0.6 is 0 Å². The van der Waals surface area contributed by atoms with Gasteiger partial charge in [-0.15, -0.1) is 0 Å². The first-order valence-corrected chi connectivity index (χ1v) is 13.3. The zero-order valence-electron chi connectivity index (χ0n) is 19.4. The number of nitrogens with zero attached hydrogens (tertiary/aromatic N) is 2. The molecule has 1 aromatic heterocycles. The molecule has 2 heterocycles. The lowest BCUT2D eigenvalue weighted by atomic mass is 10.1. The van der Waals surface area contributed by atoms with E-state index in [1.54, 1.807) is 0 Å². The fraction of sp³-hybridized carbons (Fsp3) is 0.444. The predicted molar refractivity (Wildman–Crippen MR) is 137 cm³/mol. The molecule has 0 saturated heterocycles. The van der Waals surface area contributed by atoms with E-state index in [1.165, 1.54) is 49.5 Å². The normalized spacial score (nSPS) is 16.1. The average molecular weight is 450 g/mol. The standard InChI is InChI=1S/C27H35N3OS/c1-3-4-5-6-7-10-15-28-25-19-27(29-24-14-13-21(2)18-23(24)25)30-16-17-32(31)26-12-9-8-11-22(26)20-30/h8-9,11-14,18-19H,3-7,10,15-17,20H2,1-2H3,(H,28,29). The minimum atomic E-state index is -0.958. The van der Waals surface area contributed by atoms with Crippen LogP contribution in [0.25, 0.3) is 10.9 Å². The molecule has 1 atom stereocenters. The molecule has 0 bridgehead atoms. The van der Waals surface area contributed by atoms with Crippen LogP contribution in [-0.4, -0.2) is 28.0 Å². The smallest absolute Gasteiger partial charge is 0.131 e. The highest BCUT2D eigenvalue weighted by atomic mass is 32.2. The highest BCUT2D eigenvalue weighted by Crippen LogP contribution is 2.30. The summed E-state index contributed by atoms with van der Waals surface area (Å²) in [5, 5.41) is 4.88. The van der Waals surface area contributed by atoms with Gasteiger partial charge in [-0.25, -0.2) is 4.98 Å². The van der Waals surface area contributed by atoms with Gasteiger partial charge in [-0.1, -0.05) is 68.9 Å². The van der Waals surface area contributed by atoms with Gasteiger partial charge in [-0.05, 0) is 37.1 Å². The topological polar surface area (TPSA) is 45.2 Å². The van der Waals surface area contributed by atoms with Crippen LogP contribution in [0.2, 0.25) is 0 Å². The van der Waals surface area contributed by atoms with Crippen molar-refractivity contribution in [2.45, 2.75) is 63.8 Å². The van der Waals surface area contributed by atoms with Crippen molar-refractivity contribution in [1.82, 2.24) is 4.98 Å². The van der Waals surface area contributed by atoms with E-state index in [0.717, 1.165) is 47.1 Å². The molecule has 3 aromatic rings. The Hall–Kier alpha value is -2.40. The van der Waals surface area contributed by atoms with Gasteiger partial charge in [0.15, 0.2) is 0 Å². The number of anilines is 2. The number of hydrogen-bond donors (Lipinski definition) is 1. The van der Waals surface area contributed by atoms with Crippen molar-refractivity contribution in [2.24, 2.45) is 0 Å². The van der Waals surface area contributed by atoms with Crippen LogP contribution < -0.4 is 10.2 Å². The van der Waals surface area contributed by atoms with E-state index >= 15 is 0 Å². The maximum Gasteiger partial charge on any atom is 0.131 e. The summed E-state index contributed by atoms with van der Waals surface area (Å²) in [5.41, 5.74) is 4.54. The Kier molecular flexibility index (Phi) is 7.80. The molecule has 4 nitrogen and oxygen atoms in total. The van der Waals surface area contributed by atoms with Crippen LogP contribution in [0.4, 0.5) is 11.5 Å². The van der Waals surface area contributed by atoms with Gasteiger partial charge in [-0.2, -0.15) is 0 Å². The first-order chi connectivity index (χ1) is 15.7. The minimum Gasteiger partial charge on any atom is -0.384 e. The monoisotopic (exact) mass is 449 g/mol. The molecule has 5 heteroatoms. The number of aryl methyl sites for hydroxylation is 1. The lowest BCUT2D eigenvalue weighted by Gasteiger charge is -2.23. The molecule has 2 aromatic carbocycles. The third-order valence-corrected chi connectivity index (χ3v) is 7.69. The van der Waals surface area contributed by atoms with Crippen molar-refractivity contribution >= 4 is 33.2 Å². The molecule has 0 saturated carbocycles. The second kappa shape index (κ2) is 11.0. The Bertz CT molecular complexity index is 1080. The molecule has 4 rings (SSSR count). The maximum atomic E-state index is 12.7. The molecule has 0 radical (unpaired) electrons. The number of hydrogen-bond acceptors (Lipinski definition) is 4. The van der Waals surface area contributed by atoms with Gasteiger partial charge in [0.1, 0.15) is 5.82 Å². The maximum absolute atomic E-state index is 12.7. The van der Waals surface area contributed by atoms with E-state index in [1.807, 2.05) is 18.2 Å². The van der Waals surface area contributed by atoms with E-state index in [-0.39, 0.29) is 0 Å². The van der Waals surface area contributed by atoms with E-state index in [4.69, 9.17) is 4.98 Å². The van der Waals surface area contributed by atoms with Crippen LogP contribution in [0.15, 0.2) is 53.4 Å². The van der Waals surface area contributed by atoms with Crippen LogP contribution in [0.3, 0.4) is 0 Å². The molecule has 1 N–H and O–H groups in total. The van der Waals surface area contributed by atoms with Crippen molar-refractivity contribution < 1.29 is 4.21 Å². The molecule has 1 unspecified atom stereocenters. The van der Waals surface area contributed by atoms with Gasteiger partial charge in [0.25, 0.3) is 0 Å². The molecule has 170 valence electrons. The fourth-order valence-electron chi connectivity index (χ4n) is 4.40. The average Bonchev–Trinajstić information content (AvgIpc) is 2.97. The number of pyridine rings is 1. The number of unbranched alkanes of at least 4 members (excludes halogenated alkanes) is 5. The number of rotatable bonds is 9. The van der Waals surface area contributed by atoms with Crippen molar-refractivity contribution in [3.8, 4) is 0 Å². The summed E-state index contributed by atoms with van der Waals surface area (Å²) in [6.45, 7) is 6.85. The molecule has 32 heavy (non-hydrogen) atoms. The van der Waals surface area contributed by atoms with Crippen LogP contribution in [0.5, 0.6) is 0 Å². The van der Waals surface area contributed by atoms with E-state index in [9.17, 15) is 4.21 Å². The molecular formula is C27H35N3OS. The third kappa shape index (κ3) is 5.50. The van der Waals surface area contributed by atoms with E-state index < -0.39 is 10.8 Å². The van der Waals surface area contributed by atoms with Gasteiger partial charge in [0.05, 0.1) is 16.3 Å².